The molecule has 0 radical (unpaired) electrons. The van der Waals surface area contributed by atoms with Gasteiger partial charge in [0.25, 0.3) is 0 Å². The molecule has 0 unspecified atom stereocenters. The van der Waals surface area contributed by atoms with E-state index in [4.69, 9.17) is 19.1 Å². The van der Waals surface area contributed by atoms with E-state index in [1.807, 2.05) is 25.1 Å². The van der Waals surface area contributed by atoms with Gasteiger partial charge in [0.15, 0.2) is 0 Å². The number of esters is 1. The van der Waals surface area contributed by atoms with Gasteiger partial charge in [0.1, 0.15) is 24.7 Å². The van der Waals surface area contributed by atoms with E-state index in [-0.39, 0.29) is 18.1 Å². The molecule has 0 saturated heterocycles. The van der Waals surface area contributed by atoms with Crippen LogP contribution in [0.25, 0.3) is 0 Å². The van der Waals surface area contributed by atoms with Gasteiger partial charge in [0, 0.05) is 11.0 Å². The summed E-state index contributed by atoms with van der Waals surface area (Å²) >= 11 is 1.46. The van der Waals surface area contributed by atoms with E-state index in [1.165, 1.54) is 36.0 Å². The normalized spacial score (nSPS) is 11.3. The number of thioether (sulfide) groups is 1. The molecule has 30 heavy (non-hydrogen) atoms. The number of carbonyl (C=O) groups is 1. The van der Waals surface area contributed by atoms with Crippen LogP contribution in [0.5, 0.6) is 5.75 Å². The number of nitrogens with two attached hydrogens (primary N) is 1. The highest BCUT2D eigenvalue weighted by atomic mass is 32.2. The van der Waals surface area contributed by atoms with Gasteiger partial charge in [-0.05, 0) is 43.3 Å². The van der Waals surface area contributed by atoms with Crippen molar-refractivity contribution in [1.29, 1.82) is 0 Å². The molecule has 0 spiro atoms. The number of hydrogen-bond donors (Lipinski definition) is 1. The van der Waals surface area contributed by atoms with E-state index in [2.05, 4.69) is 5.16 Å². The number of ether oxygens (including phenoxy) is 2. The van der Waals surface area contributed by atoms with Crippen molar-refractivity contribution < 1.29 is 27.2 Å². The highest BCUT2D eigenvalue weighted by molar-refractivity contribution is 7.98. The Kier molecular flexibility index (Phi) is 7.14. The van der Waals surface area contributed by atoms with Crippen molar-refractivity contribution in [2.45, 2.75) is 22.5 Å². The summed E-state index contributed by atoms with van der Waals surface area (Å²) in [5, 5.41) is 8.90. The fourth-order valence-corrected chi connectivity index (χ4v) is 3.92. The Balaban J connectivity index is 1.50. The molecule has 2 aromatic carbocycles. The van der Waals surface area contributed by atoms with Gasteiger partial charge >= 0.3 is 5.97 Å². The van der Waals surface area contributed by atoms with Crippen LogP contribution in [-0.4, -0.2) is 32.8 Å². The van der Waals surface area contributed by atoms with Crippen molar-refractivity contribution >= 4 is 27.8 Å². The molecular weight excluding hydrogens is 428 g/mol. The smallest absolute Gasteiger partial charge is 0.339 e. The summed E-state index contributed by atoms with van der Waals surface area (Å²) in [4.78, 5) is 13.2. The molecule has 3 rings (SSSR count). The summed E-state index contributed by atoms with van der Waals surface area (Å²) in [5.41, 5.74) is 1.26. The summed E-state index contributed by atoms with van der Waals surface area (Å²) in [6.45, 7) is 2.00. The average molecular weight is 449 g/mol. The number of benzene rings is 2. The van der Waals surface area contributed by atoms with Crippen LogP contribution in [0.2, 0.25) is 0 Å². The van der Waals surface area contributed by atoms with Gasteiger partial charge in [-0.1, -0.05) is 17.3 Å². The molecule has 0 amide bonds. The number of carbonyl (C=O) groups excluding carboxylic acids is 1. The van der Waals surface area contributed by atoms with Crippen molar-refractivity contribution in [2.24, 2.45) is 5.14 Å². The fraction of sp³-hybridized carbons (Fsp3) is 0.200. The molecule has 2 N–H and O–H groups in total. The lowest BCUT2D eigenvalue weighted by molar-refractivity contribution is 0.0446. The summed E-state index contributed by atoms with van der Waals surface area (Å²) in [6.07, 6.45) is 0. The van der Waals surface area contributed by atoms with Gasteiger partial charge in [-0.2, -0.15) is 0 Å². The molecule has 8 nitrogen and oxygen atoms in total. The van der Waals surface area contributed by atoms with Crippen LogP contribution >= 0.6 is 11.8 Å². The molecule has 0 bridgehead atoms. The largest absolute Gasteiger partial charge is 0.490 e. The van der Waals surface area contributed by atoms with Gasteiger partial charge in [-0.3, -0.25) is 0 Å². The Labute approximate surface area is 178 Å². The van der Waals surface area contributed by atoms with Crippen LogP contribution in [-0.2, 0) is 20.5 Å². The zero-order valence-electron chi connectivity index (χ0n) is 16.1. The molecule has 1 aromatic heterocycles. The van der Waals surface area contributed by atoms with Crippen molar-refractivity contribution in [3.05, 3.63) is 71.6 Å². The quantitative estimate of drug-likeness (QED) is 0.301. The highest BCUT2D eigenvalue weighted by Crippen LogP contribution is 2.27. The first-order chi connectivity index (χ1) is 14.3. The van der Waals surface area contributed by atoms with E-state index in [0.29, 0.717) is 17.1 Å². The number of rotatable bonds is 9. The number of hydrogen-bond acceptors (Lipinski definition) is 8. The van der Waals surface area contributed by atoms with Gasteiger partial charge in [-0.15, -0.1) is 11.8 Å². The minimum absolute atomic E-state index is 0.00382. The highest BCUT2D eigenvalue weighted by Gasteiger charge is 2.14. The molecule has 0 aliphatic heterocycles. The standard InChI is InChI=1S/C20H20N2O6S2/c1-14-12-16(28-22-14)13-29-19-5-3-2-4-18(19)20(23)27-11-10-26-15-6-8-17(9-7-15)30(21,24)25/h2-9,12H,10-11,13H2,1H3,(H2,21,24,25). The average Bonchev–Trinajstić information content (AvgIpc) is 3.14. The summed E-state index contributed by atoms with van der Waals surface area (Å²) in [5.74, 6) is 1.25. The van der Waals surface area contributed by atoms with Crippen LogP contribution in [0, 0.1) is 6.92 Å². The van der Waals surface area contributed by atoms with Crippen LogP contribution in [0.4, 0.5) is 0 Å². The summed E-state index contributed by atoms with van der Waals surface area (Å²) in [7, 11) is -3.75. The first-order valence-corrected chi connectivity index (χ1v) is 11.4. The van der Waals surface area contributed by atoms with Crippen LogP contribution in [0.1, 0.15) is 21.8 Å². The predicted octanol–water partition coefficient (Wildman–Crippen LogP) is 3.16. The molecule has 158 valence electrons. The van der Waals surface area contributed by atoms with Crippen molar-refractivity contribution in [3.63, 3.8) is 0 Å². The molecule has 1 heterocycles. The lowest BCUT2D eigenvalue weighted by Crippen LogP contribution is -2.13. The number of sulfonamides is 1. The minimum Gasteiger partial charge on any atom is -0.490 e. The lowest BCUT2D eigenvalue weighted by atomic mass is 10.2. The van der Waals surface area contributed by atoms with Crippen molar-refractivity contribution in [3.8, 4) is 5.75 Å². The third kappa shape index (κ3) is 6.09. The Hall–Kier alpha value is -2.82. The fourth-order valence-electron chi connectivity index (χ4n) is 2.49. The van der Waals surface area contributed by atoms with Gasteiger partial charge in [0.05, 0.1) is 21.9 Å². The zero-order valence-corrected chi connectivity index (χ0v) is 17.7. The zero-order chi connectivity index (χ0) is 21.6. The molecule has 0 fully saturated rings. The third-order valence-electron chi connectivity index (χ3n) is 3.89. The molecule has 0 aliphatic carbocycles. The number of primary sulfonamides is 1. The van der Waals surface area contributed by atoms with E-state index in [1.54, 1.807) is 12.1 Å². The van der Waals surface area contributed by atoms with E-state index in [9.17, 15) is 13.2 Å². The number of aryl methyl sites for hydroxylation is 1. The monoisotopic (exact) mass is 448 g/mol. The van der Waals surface area contributed by atoms with Gasteiger partial charge in [0.2, 0.25) is 10.0 Å². The maximum atomic E-state index is 12.4. The van der Waals surface area contributed by atoms with Crippen LogP contribution in [0.3, 0.4) is 0 Å². The maximum Gasteiger partial charge on any atom is 0.339 e. The molecule has 0 atom stereocenters. The first kappa shape index (κ1) is 21.9. The van der Waals surface area contributed by atoms with E-state index in [0.717, 1.165) is 16.3 Å². The second kappa shape index (κ2) is 9.79. The lowest BCUT2D eigenvalue weighted by Gasteiger charge is -2.10. The number of nitrogens with zero attached hydrogens (tertiary/aromatic N) is 1. The molecule has 0 aliphatic rings. The Morgan fingerprint density at radius 2 is 1.87 bits per heavy atom. The third-order valence-corrected chi connectivity index (χ3v) is 5.92. The summed E-state index contributed by atoms with van der Waals surface area (Å²) in [6, 6.07) is 14.7. The Morgan fingerprint density at radius 3 is 2.53 bits per heavy atom. The second-order valence-electron chi connectivity index (χ2n) is 6.22. The van der Waals surface area contributed by atoms with Crippen molar-refractivity contribution in [2.75, 3.05) is 13.2 Å². The van der Waals surface area contributed by atoms with Gasteiger partial charge in [-0.25, -0.2) is 18.4 Å². The Bertz CT molecular complexity index is 1110. The molecule has 10 heteroatoms. The SMILES string of the molecule is Cc1cc(CSc2ccccc2C(=O)OCCOc2ccc(S(N)(=O)=O)cc2)on1. The molecule has 3 aromatic rings. The first-order valence-electron chi connectivity index (χ1n) is 8.90. The molecular formula is C20H20N2O6S2. The van der Waals surface area contributed by atoms with Crippen LogP contribution < -0.4 is 9.88 Å². The van der Waals surface area contributed by atoms with Crippen molar-refractivity contribution in [1.82, 2.24) is 5.16 Å². The van der Waals surface area contributed by atoms with E-state index < -0.39 is 16.0 Å². The van der Waals surface area contributed by atoms with E-state index >= 15 is 0 Å². The minimum atomic E-state index is -3.75. The molecule has 0 saturated carbocycles. The predicted molar refractivity (Wildman–Crippen MR) is 111 cm³/mol. The second-order valence-corrected chi connectivity index (χ2v) is 8.80. The number of aromatic nitrogens is 1. The van der Waals surface area contributed by atoms with Gasteiger partial charge < -0.3 is 14.0 Å². The maximum absolute atomic E-state index is 12.4. The Morgan fingerprint density at radius 1 is 1.13 bits per heavy atom. The summed E-state index contributed by atoms with van der Waals surface area (Å²) < 4.78 is 38.4. The topological polar surface area (TPSA) is 122 Å². The van der Waals surface area contributed by atoms with Crippen LogP contribution in [0.15, 0.2) is 68.9 Å².